The van der Waals surface area contributed by atoms with Crippen LogP contribution in [0.3, 0.4) is 0 Å². The van der Waals surface area contributed by atoms with Crippen molar-refractivity contribution in [3.8, 4) is 0 Å². The SMILES string of the molecule is Nc1ccn([C@@]2(CO)C[C@H](O)[C@@H](CO)O2)c(=O)n1. The van der Waals surface area contributed by atoms with Gasteiger partial charge in [0.05, 0.1) is 19.3 Å². The molecule has 8 heteroatoms. The summed E-state index contributed by atoms with van der Waals surface area (Å²) in [5.41, 5.74) is 3.28. The maximum absolute atomic E-state index is 11.7. The maximum atomic E-state index is 11.7. The number of nitrogens with zero attached hydrogens (tertiary/aromatic N) is 2. The fourth-order valence-electron chi connectivity index (χ4n) is 2.09. The molecule has 0 radical (unpaired) electrons. The van der Waals surface area contributed by atoms with E-state index in [2.05, 4.69) is 4.98 Å². The van der Waals surface area contributed by atoms with Gasteiger partial charge in [-0.15, -0.1) is 0 Å². The molecule has 100 valence electrons. The van der Waals surface area contributed by atoms with Crippen molar-refractivity contribution < 1.29 is 20.1 Å². The molecule has 8 nitrogen and oxygen atoms in total. The van der Waals surface area contributed by atoms with Gasteiger partial charge in [-0.1, -0.05) is 0 Å². The van der Waals surface area contributed by atoms with E-state index in [-0.39, 0.29) is 12.2 Å². The standard InChI is InChI=1S/C10H15N3O5/c11-8-1-2-13(9(17)12-8)10(5-15)3-6(16)7(4-14)18-10/h1-2,6-7,14-16H,3-5H2,(H2,11,12,17)/t6-,7+,10-/m0/s1. The second kappa shape index (κ2) is 4.65. The minimum Gasteiger partial charge on any atom is -0.394 e. The average Bonchev–Trinajstić information content (AvgIpc) is 2.67. The zero-order chi connectivity index (χ0) is 13.3. The first-order valence-electron chi connectivity index (χ1n) is 5.45. The molecule has 2 heterocycles. The summed E-state index contributed by atoms with van der Waals surface area (Å²) in [4.78, 5) is 15.3. The van der Waals surface area contributed by atoms with Gasteiger partial charge in [-0.25, -0.2) is 4.79 Å². The van der Waals surface area contributed by atoms with Crippen LogP contribution in [0.15, 0.2) is 17.1 Å². The third-order valence-corrected chi connectivity index (χ3v) is 3.02. The minimum absolute atomic E-state index is 0.0137. The molecule has 1 fully saturated rings. The Bertz CT molecular complexity index is 491. The van der Waals surface area contributed by atoms with Crippen molar-refractivity contribution in [2.75, 3.05) is 18.9 Å². The Morgan fingerprint density at radius 3 is 2.83 bits per heavy atom. The number of aromatic nitrogens is 2. The van der Waals surface area contributed by atoms with E-state index in [1.165, 1.54) is 12.3 Å². The number of nitrogen functional groups attached to an aromatic ring is 1. The van der Waals surface area contributed by atoms with Crippen molar-refractivity contribution in [1.82, 2.24) is 9.55 Å². The first kappa shape index (κ1) is 13.0. The van der Waals surface area contributed by atoms with Gasteiger partial charge in [0.15, 0.2) is 5.72 Å². The van der Waals surface area contributed by atoms with Crippen molar-refractivity contribution >= 4 is 5.82 Å². The van der Waals surface area contributed by atoms with Gasteiger partial charge in [-0.2, -0.15) is 4.98 Å². The van der Waals surface area contributed by atoms with Gasteiger partial charge in [-0.05, 0) is 6.07 Å². The normalized spacial score (nSPS) is 31.7. The fraction of sp³-hybridized carbons (Fsp3) is 0.600. The second-order valence-electron chi connectivity index (χ2n) is 4.22. The quantitative estimate of drug-likeness (QED) is 0.475. The molecule has 3 atom stereocenters. The van der Waals surface area contributed by atoms with Crippen LogP contribution < -0.4 is 11.4 Å². The summed E-state index contributed by atoms with van der Waals surface area (Å²) in [6.45, 7) is -0.924. The molecule has 1 aromatic heterocycles. The number of aliphatic hydroxyl groups excluding tert-OH is 3. The molecule has 0 aliphatic carbocycles. The molecular weight excluding hydrogens is 242 g/mol. The van der Waals surface area contributed by atoms with Crippen LogP contribution in [0.4, 0.5) is 5.82 Å². The average molecular weight is 257 g/mol. The van der Waals surface area contributed by atoms with Gasteiger partial charge >= 0.3 is 5.69 Å². The molecule has 1 aliphatic heterocycles. The molecule has 0 saturated carbocycles. The van der Waals surface area contributed by atoms with Crippen LogP contribution in [0.5, 0.6) is 0 Å². The number of rotatable bonds is 3. The molecule has 1 aromatic rings. The summed E-state index contributed by atoms with van der Waals surface area (Å²) in [6, 6.07) is 1.39. The summed E-state index contributed by atoms with van der Waals surface area (Å²) in [7, 11) is 0. The van der Waals surface area contributed by atoms with Crippen molar-refractivity contribution in [3.63, 3.8) is 0 Å². The van der Waals surface area contributed by atoms with Crippen molar-refractivity contribution in [2.45, 2.75) is 24.4 Å². The zero-order valence-corrected chi connectivity index (χ0v) is 9.56. The number of aliphatic hydroxyl groups is 3. The highest BCUT2D eigenvalue weighted by Gasteiger charge is 2.47. The largest absolute Gasteiger partial charge is 0.394 e. The Labute approximate surface area is 102 Å². The van der Waals surface area contributed by atoms with Gasteiger partial charge in [0, 0.05) is 12.6 Å². The summed E-state index contributed by atoms with van der Waals surface area (Å²) in [6.07, 6.45) is -0.485. The molecule has 0 amide bonds. The number of hydrogen-bond acceptors (Lipinski definition) is 7. The first-order valence-corrected chi connectivity index (χ1v) is 5.45. The van der Waals surface area contributed by atoms with Crippen LogP contribution in [0, 0.1) is 0 Å². The number of nitrogens with two attached hydrogens (primary N) is 1. The van der Waals surface area contributed by atoms with E-state index in [0.29, 0.717) is 0 Å². The molecule has 1 aliphatic rings. The third-order valence-electron chi connectivity index (χ3n) is 3.02. The van der Waals surface area contributed by atoms with Crippen molar-refractivity contribution in [3.05, 3.63) is 22.7 Å². The van der Waals surface area contributed by atoms with E-state index in [4.69, 9.17) is 15.6 Å². The van der Waals surface area contributed by atoms with Crippen molar-refractivity contribution in [1.29, 1.82) is 0 Å². The fourth-order valence-corrected chi connectivity index (χ4v) is 2.09. The van der Waals surface area contributed by atoms with Crippen LogP contribution in [0.2, 0.25) is 0 Å². The number of hydrogen-bond donors (Lipinski definition) is 4. The molecule has 18 heavy (non-hydrogen) atoms. The van der Waals surface area contributed by atoms with E-state index in [9.17, 15) is 15.0 Å². The molecule has 0 bridgehead atoms. The van der Waals surface area contributed by atoms with Gasteiger partial charge in [-0.3, -0.25) is 4.57 Å². The molecule has 5 N–H and O–H groups in total. The lowest BCUT2D eigenvalue weighted by atomic mass is 10.1. The highest BCUT2D eigenvalue weighted by molar-refractivity contribution is 5.24. The molecule has 0 aromatic carbocycles. The van der Waals surface area contributed by atoms with Crippen LogP contribution >= 0.6 is 0 Å². The lowest BCUT2D eigenvalue weighted by molar-refractivity contribution is -0.142. The maximum Gasteiger partial charge on any atom is 0.351 e. The van der Waals surface area contributed by atoms with E-state index in [1.807, 2.05) is 0 Å². The molecule has 0 spiro atoms. The Balaban J connectivity index is 2.43. The third kappa shape index (κ3) is 1.99. The van der Waals surface area contributed by atoms with E-state index in [0.717, 1.165) is 4.57 Å². The predicted octanol–water partition coefficient (Wildman–Crippen LogP) is -2.39. The number of anilines is 1. The Morgan fingerprint density at radius 2 is 2.33 bits per heavy atom. The zero-order valence-electron chi connectivity index (χ0n) is 9.56. The predicted molar refractivity (Wildman–Crippen MR) is 60.6 cm³/mol. The van der Waals surface area contributed by atoms with Crippen LogP contribution in [0.25, 0.3) is 0 Å². The Hall–Kier alpha value is -1.48. The topological polar surface area (TPSA) is 131 Å². The molecule has 1 saturated heterocycles. The van der Waals surface area contributed by atoms with Crippen LogP contribution in [-0.2, 0) is 10.5 Å². The number of ether oxygens (including phenoxy) is 1. The minimum atomic E-state index is -1.41. The molecule has 2 rings (SSSR count). The Kier molecular flexibility index (Phi) is 3.35. The van der Waals surface area contributed by atoms with Crippen LogP contribution in [0.1, 0.15) is 6.42 Å². The summed E-state index contributed by atoms with van der Waals surface area (Å²) >= 11 is 0. The molecular formula is C10H15N3O5. The van der Waals surface area contributed by atoms with E-state index in [1.54, 1.807) is 0 Å². The van der Waals surface area contributed by atoms with E-state index < -0.39 is 36.8 Å². The second-order valence-corrected chi connectivity index (χ2v) is 4.22. The van der Waals surface area contributed by atoms with Gasteiger partial charge in [0.25, 0.3) is 0 Å². The monoisotopic (exact) mass is 257 g/mol. The van der Waals surface area contributed by atoms with Crippen molar-refractivity contribution in [2.24, 2.45) is 0 Å². The summed E-state index contributed by atoms with van der Waals surface area (Å²) in [5.74, 6) is 0.0570. The summed E-state index contributed by atoms with van der Waals surface area (Å²) < 4.78 is 6.47. The lowest BCUT2D eigenvalue weighted by Gasteiger charge is -2.28. The van der Waals surface area contributed by atoms with Gasteiger partial charge < -0.3 is 25.8 Å². The van der Waals surface area contributed by atoms with Crippen LogP contribution in [-0.4, -0.2) is 50.3 Å². The molecule has 0 unspecified atom stereocenters. The van der Waals surface area contributed by atoms with E-state index >= 15 is 0 Å². The highest BCUT2D eigenvalue weighted by atomic mass is 16.6. The first-order chi connectivity index (χ1) is 8.52. The smallest absolute Gasteiger partial charge is 0.351 e. The Morgan fingerprint density at radius 1 is 1.61 bits per heavy atom. The highest BCUT2D eigenvalue weighted by Crippen LogP contribution is 2.33. The van der Waals surface area contributed by atoms with Gasteiger partial charge in [0.2, 0.25) is 0 Å². The van der Waals surface area contributed by atoms with Gasteiger partial charge in [0.1, 0.15) is 11.9 Å². The summed E-state index contributed by atoms with van der Waals surface area (Å²) in [5, 5.41) is 28.2. The lowest BCUT2D eigenvalue weighted by Crippen LogP contribution is -2.45.